The van der Waals surface area contributed by atoms with Gasteiger partial charge < -0.3 is 20.5 Å². The van der Waals surface area contributed by atoms with Gasteiger partial charge in [-0.25, -0.2) is 4.39 Å². The van der Waals surface area contributed by atoms with Crippen LogP contribution in [0.1, 0.15) is 31.2 Å². The number of halogens is 1. The third kappa shape index (κ3) is 8.32. The predicted molar refractivity (Wildman–Crippen MR) is 109 cm³/mol. The molecule has 0 radical (unpaired) electrons. The van der Waals surface area contributed by atoms with Crippen LogP contribution in [0.15, 0.2) is 36.4 Å². The first-order valence-electron chi connectivity index (χ1n) is 10.2. The van der Waals surface area contributed by atoms with Crippen molar-refractivity contribution < 1.29 is 28.6 Å². The Bertz CT molecular complexity index is 736. The number of benzene rings is 1. The number of rotatable bonds is 6. The van der Waals surface area contributed by atoms with Gasteiger partial charge in [0.25, 0.3) is 0 Å². The van der Waals surface area contributed by atoms with Crippen LogP contribution in [-0.2, 0) is 25.5 Å². The van der Waals surface area contributed by atoms with Crippen LogP contribution in [0.4, 0.5) is 4.39 Å². The molecule has 2 amide bonds. The van der Waals surface area contributed by atoms with E-state index in [1.165, 1.54) is 12.1 Å². The zero-order valence-electron chi connectivity index (χ0n) is 16.9. The number of hydrogen-bond acceptors (Lipinski definition) is 5. The van der Waals surface area contributed by atoms with Crippen molar-refractivity contribution in [1.82, 2.24) is 10.6 Å². The van der Waals surface area contributed by atoms with Crippen LogP contribution in [0.2, 0.25) is 0 Å². The molecule has 1 aromatic rings. The second-order valence-electron chi connectivity index (χ2n) is 7.25. The highest BCUT2D eigenvalue weighted by molar-refractivity contribution is 5.85. The Morgan fingerprint density at radius 1 is 1.20 bits per heavy atom. The van der Waals surface area contributed by atoms with E-state index in [2.05, 4.69) is 10.6 Å². The van der Waals surface area contributed by atoms with Gasteiger partial charge in [-0.2, -0.15) is 0 Å². The fraction of sp³-hybridized carbons (Fsp3) is 0.500. The summed E-state index contributed by atoms with van der Waals surface area (Å²) in [6.07, 6.45) is 5.80. The summed E-state index contributed by atoms with van der Waals surface area (Å²) in [5, 5.41) is 14.0. The molecule has 0 spiro atoms. The van der Waals surface area contributed by atoms with Crippen molar-refractivity contribution >= 4 is 17.8 Å². The lowest BCUT2D eigenvalue weighted by molar-refractivity contribution is -0.149. The molecule has 1 aliphatic rings. The van der Waals surface area contributed by atoms with Gasteiger partial charge in [0.1, 0.15) is 12.4 Å². The Morgan fingerprint density at radius 2 is 1.97 bits per heavy atom. The molecule has 0 saturated carbocycles. The van der Waals surface area contributed by atoms with Crippen LogP contribution < -0.4 is 10.6 Å². The Labute approximate surface area is 175 Å². The van der Waals surface area contributed by atoms with Gasteiger partial charge in [0.2, 0.25) is 11.8 Å². The largest absolute Gasteiger partial charge is 0.464 e. The molecule has 2 rings (SSSR count). The number of esters is 1. The van der Waals surface area contributed by atoms with Crippen LogP contribution in [0.3, 0.4) is 0 Å². The average Bonchev–Trinajstić information content (AvgIpc) is 2.74. The molecule has 2 atom stereocenters. The fourth-order valence-electron chi connectivity index (χ4n) is 3.25. The van der Waals surface area contributed by atoms with Gasteiger partial charge in [-0.15, -0.1) is 0 Å². The Balaban J connectivity index is 1.99. The van der Waals surface area contributed by atoms with Crippen LogP contribution >= 0.6 is 0 Å². The summed E-state index contributed by atoms with van der Waals surface area (Å²) in [5.74, 6) is -2.15. The third-order valence-electron chi connectivity index (χ3n) is 4.88. The molecule has 164 valence electrons. The Morgan fingerprint density at radius 3 is 2.70 bits per heavy atom. The zero-order chi connectivity index (χ0) is 21.8. The highest BCUT2D eigenvalue weighted by atomic mass is 19.1. The molecule has 1 aromatic carbocycles. The summed E-state index contributed by atoms with van der Waals surface area (Å²) in [4.78, 5) is 36.8. The molecule has 0 aromatic heterocycles. The normalized spacial score (nSPS) is 21.9. The van der Waals surface area contributed by atoms with E-state index >= 15 is 0 Å². The van der Waals surface area contributed by atoms with E-state index in [0.29, 0.717) is 25.7 Å². The monoisotopic (exact) mass is 420 g/mol. The maximum atomic E-state index is 13.1. The lowest BCUT2D eigenvalue weighted by Crippen LogP contribution is -2.37. The standard InChI is InChI=1S/C22H29FN2O5/c23-19-8-6-16(7-9-19)14-18-5-3-1-2-4-17(15-20(27)24-10-12-26)21(28)25-11-13-30-22(18)29/h1-2,6-9,17-18,26H,3-5,10-15H2,(H,24,27)(H,25,28)/b2-1-/t17-,18+/m1/s1. The molecule has 1 heterocycles. The van der Waals surface area contributed by atoms with Gasteiger partial charge in [0.15, 0.2) is 0 Å². The van der Waals surface area contributed by atoms with Gasteiger partial charge >= 0.3 is 5.97 Å². The number of cyclic esters (lactones) is 1. The second-order valence-corrected chi connectivity index (χ2v) is 7.25. The molecule has 3 N–H and O–H groups in total. The number of amides is 2. The number of aliphatic hydroxyl groups is 1. The van der Waals surface area contributed by atoms with Crippen molar-refractivity contribution in [2.45, 2.75) is 32.1 Å². The van der Waals surface area contributed by atoms with Gasteiger partial charge in [-0.05, 0) is 43.4 Å². The maximum absolute atomic E-state index is 13.1. The van der Waals surface area contributed by atoms with Crippen LogP contribution in [-0.4, -0.2) is 49.2 Å². The smallest absolute Gasteiger partial charge is 0.309 e. The quantitative estimate of drug-likeness (QED) is 0.478. The number of nitrogens with one attached hydrogen (secondary N) is 2. The number of ether oxygens (including phenoxy) is 1. The average molecular weight is 420 g/mol. The number of carbonyl (C=O) groups excluding carboxylic acids is 3. The first-order chi connectivity index (χ1) is 14.5. The maximum Gasteiger partial charge on any atom is 0.309 e. The van der Waals surface area contributed by atoms with Crippen molar-refractivity contribution in [3.63, 3.8) is 0 Å². The van der Waals surface area contributed by atoms with Crippen molar-refractivity contribution in [2.75, 3.05) is 26.3 Å². The summed E-state index contributed by atoms with van der Waals surface area (Å²) in [6, 6.07) is 6.05. The molecule has 7 nitrogen and oxygen atoms in total. The minimum atomic E-state index is -0.536. The Kier molecular flexibility index (Phi) is 10.00. The summed E-state index contributed by atoms with van der Waals surface area (Å²) in [5.41, 5.74) is 0.855. The first-order valence-corrected chi connectivity index (χ1v) is 10.2. The van der Waals surface area contributed by atoms with E-state index in [1.54, 1.807) is 12.1 Å². The SMILES string of the molecule is O=C(C[C@H]1C/C=C\CC[C@@H](Cc2ccc(F)cc2)C(=O)OCCNC1=O)NCCO. The molecule has 0 unspecified atom stereocenters. The van der Waals surface area contributed by atoms with Crippen LogP contribution in [0, 0.1) is 17.7 Å². The zero-order valence-corrected chi connectivity index (χ0v) is 16.9. The minimum Gasteiger partial charge on any atom is -0.464 e. The van der Waals surface area contributed by atoms with Crippen molar-refractivity contribution in [3.8, 4) is 0 Å². The second kappa shape index (κ2) is 12.7. The summed E-state index contributed by atoms with van der Waals surface area (Å²) in [6.45, 7) is 0.190. The van der Waals surface area contributed by atoms with Gasteiger partial charge in [0, 0.05) is 13.0 Å². The van der Waals surface area contributed by atoms with Crippen molar-refractivity contribution in [2.24, 2.45) is 11.8 Å². The van der Waals surface area contributed by atoms with Crippen LogP contribution in [0.5, 0.6) is 0 Å². The number of hydrogen-bond donors (Lipinski definition) is 3. The van der Waals surface area contributed by atoms with E-state index in [9.17, 15) is 18.8 Å². The van der Waals surface area contributed by atoms with Crippen molar-refractivity contribution in [1.29, 1.82) is 0 Å². The molecular formula is C22H29FN2O5. The van der Waals surface area contributed by atoms with Crippen LogP contribution in [0.25, 0.3) is 0 Å². The predicted octanol–water partition coefficient (Wildman–Crippen LogP) is 1.50. The summed E-state index contributed by atoms with van der Waals surface area (Å²) in [7, 11) is 0. The topological polar surface area (TPSA) is 105 Å². The highest BCUT2D eigenvalue weighted by Crippen LogP contribution is 2.18. The van der Waals surface area contributed by atoms with E-state index in [-0.39, 0.29) is 62.2 Å². The Hall–Kier alpha value is -2.74. The van der Waals surface area contributed by atoms with Gasteiger partial charge in [0.05, 0.1) is 25.0 Å². The lowest BCUT2D eigenvalue weighted by Gasteiger charge is -2.16. The molecule has 1 aliphatic heterocycles. The number of allylic oxidation sites excluding steroid dienone is 2. The van der Waals surface area contributed by atoms with E-state index in [4.69, 9.17) is 9.84 Å². The number of carbonyl (C=O) groups is 3. The van der Waals surface area contributed by atoms with E-state index < -0.39 is 5.92 Å². The van der Waals surface area contributed by atoms with Crippen molar-refractivity contribution in [3.05, 3.63) is 47.8 Å². The first kappa shape index (κ1) is 23.5. The number of aliphatic hydroxyl groups excluding tert-OH is 1. The molecule has 0 bridgehead atoms. The van der Waals surface area contributed by atoms with E-state index in [1.807, 2.05) is 12.2 Å². The molecule has 30 heavy (non-hydrogen) atoms. The fourth-order valence-corrected chi connectivity index (χ4v) is 3.25. The molecule has 0 fully saturated rings. The minimum absolute atomic E-state index is 0.0170. The molecule has 8 heteroatoms. The molecular weight excluding hydrogens is 391 g/mol. The lowest BCUT2D eigenvalue weighted by atomic mass is 9.94. The highest BCUT2D eigenvalue weighted by Gasteiger charge is 2.23. The van der Waals surface area contributed by atoms with Gasteiger partial charge in [-0.1, -0.05) is 24.3 Å². The van der Waals surface area contributed by atoms with E-state index in [0.717, 1.165) is 5.56 Å². The molecule has 0 aliphatic carbocycles. The summed E-state index contributed by atoms with van der Waals surface area (Å²) < 4.78 is 18.4. The van der Waals surface area contributed by atoms with Gasteiger partial charge in [-0.3, -0.25) is 14.4 Å². The summed E-state index contributed by atoms with van der Waals surface area (Å²) >= 11 is 0. The third-order valence-corrected chi connectivity index (χ3v) is 4.88. The molecule has 0 saturated heterocycles.